The van der Waals surface area contributed by atoms with Gasteiger partial charge in [-0.05, 0) is 25.7 Å². The first-order chi connectivity index (χ1) is 14.7. The van der Waals surface area contributed by atoms with Crippen molar-refractivity contribution in [2.75, 3.05) is 6.61 Å². The molecular formula is C27H54O3. The molecule has 0 heterocycles. The standard InChI is InChI=1S/C27H54O3/c1-3-5-7-8-9-10-11-12-13-14-15-16-21-25-30-27(29)24-20-17-19-23-26(28)22-18-6-4-2/h26,28H,3-25H2,1-2H3. The quantitative estimate of drug-likeness (QED) is 0.124. The zero-order chi connectivity index (χ0) is 22.1. The normalized spacial score (nSPS) is 12.2. The fourth-order valence-corrected chi connectivity index (χ4v) is 3.98. The van der Waals surface area contributed by atoms with Gasteiger partial charge in [-0.1, -0.05) is 123 Å². The number of aliphatic hydroxyl groups excluding tert-OH is 1. The van der Waals surface area contributed by atoms with Gasteiger partial charge in [-0.25, -0.2) is 0 Å². The molecule has 0 bridgehead atoms. The van der Waals surface area contributed by atoms with Gasteiger partial charge in [-0.2, -0.15) is 0 Å². The van der Waals surface area contributed by atoms with E-state index >= 15 is 0 Å². The number of ether oxygens (including phenoxy) is 1. The summed E-state index contributed by atoms with van der Waals surface area (Å²) in [6.45, 7) is 5.05. The summed E-state index contributed by atoms with van der Waals surface area (Å²) in [5.74, 6) is -0.0440. The van der Waals surface area contributed by atoms with Crippen molar-refractivity contribution in [3.63, 3.8) is 0 Å². The van der Waals surface area contributed by atoms with E-state index in [0.29, 0.717) is 13.0 Å². The van der Waals surface area contributed by atoms with E-state index in [-0.39, 0.29) is 12.1 Å². The van der Waals surface area contributed by atoms with Crippen molar-refractivity contribution in [2.24, 2.45) is 0 Å². The largest absolute Gasteiger partial charge is 0.466 e. The number of hydrogen-bond donors (Lipinski definition) is 1. The van der Waals surface area contributed by atoms with Crippen LogP contribution >= 0.6 is 0 Å². The number of rotatable bonds is 24. The molecule has 0 aromatic carbocycles. The van der Waals surface area contributed by atoms with Gasteiger partial charge in [0.25, 0.3) is 0 Å². The Labute approximate surface area is 188 Å². The monoisotopic (exact) mass is 426 g/mol. The van der Waals surface area contributed by atoms with Crippen LogP contribution in [-0.2, 0) is 9.53 Å². The average molecular weight is 427 g/mol. The van der Waals surface area contributed by atoms with Crippen LogP contribution in [0.3, 0.4) is 0 Å². The highest BCUT2D eigenvalue weighted by molar-refractivity contribution is 5.69. The van der Waals surface area contributed by atoms with Crippen LogP contribution in [0.2, 0.25) is 0 Å². The first-order valence-electron chi connectivity index (χ1n) is 13.5. The average Bonchev–Trinajstić information content (AvgIpc) is 2.74. The summed E-state index contributed by atoms with van der Waals surface area (Å²) < 4.78 is 5.35. The van der Waals surface area contributed by atoms with E-state index in [0.717, 1.165) is 44.9 Å². The molecule has 30 heavy (non-hydrogen) atoms. The second-order valence-corrected chi connectivity index (χ2v) is 9.21. The van der Waals surface area contributed by atoms with Gasteiger partial charge >= 0.3 is 5.97 Å². The molecule has 0 aromatic rings. The van der Waals surface area contributed by atoms with Crippen LogP contribution in [0.1, 0.15) is 155 Å². The van der Waals surface area contributed by atoms with E-state index in [4.69, 9.17) is 4.74 Å². The zero-order valence-corrected chi connectivity index (χ0v) is 20.6. The van der Waals surface area contributed by atoms with E-state index < -0.39 is 0 Å². The molecule has 0 fully saturated rings. The van der Waals surface area contributed by atoms with Crippen LogP contribution in [0.25, 0.3) is 0 Å². The third-order valence-electron chi connectivity index (χ3n) is 6.07. The van der Waals surface area contributed by atoms with Crippen LogP contribution in [0, 0.1) is 0 Å². The Morgan fingerprint density at radius 3 is 1.53 bits per heavy atom. The minimum atomic E-state index is -0.154. The lowest BCUT2D eigenvalue weighted by molar-refractivity contribution is -0.143. The van der Waals surface area contributed by atoms with E-state index in [1.54, 1.807) is 0 Å². The Balaban J connectivity index is 3.21. The molecule has 0 saturated heterocycles. The summed E-state index contributed by atoms with van der Waals surface area (Å²) >= 11 is 0. The van der Waals surface area contributed by atoms with Crippen LogP contribution in [-0.4, -0.2) is 23.8 Å². The highest BCUT2D eigenvalue weighted by Gasteiger charge is 2.05. The van der Waals surface area contributed by atoms with Gasteiger partial charge < -0.3 is 9.84 Å². The molecule has 0 radical (unpaired) electrons. The van der Waals surface area contributed by atoms with Crippen molar-refractivity contribution in [1.29, 1.82) is 0 Å². The van der Waals surface area contributed by atoms with E-state index in [2.05, 4.69) is 13.8 Å². The summed E-state index contributed by atoms with van der Waals surface area (Å²) in [5.41, 5.74) is 0. The van der Waals surface area contributed by atoms with Crippen LogP contribution < -0.4 is 0 Å². The molecule has 0 aliphatic carbocycles. The predicted octanol–water partition coefficient (Wildman–Crippen LogP) is 8.51. The molecule has 1 unspecified atom stereocenters. The molecule has 0 rings (SSSR count). The molecule has 1 N–H and O–H groups in total. The molecule has 0 saturated carbocycles. The second kappa shape index (κ2) is 24.7. The predicted molar refractivity (Wildman–Crippen MR) is 130 cm³/mol. The van der Waals surface area contributed by atoms with Gasteiger partial charge in [0.2, 0.25) is 0 Å². The highest BCUT2D eigenvalue weighted by atomic mass is 16.5. The second-order valence-electron chi connectivity index (χ2n) is 9.21. The summed E-state index contributed by atoms with van der Waals surface area (Å²) in [5, 5.41) is 9.89. The molecule has 0 spiro atoms. The Kier molecular flexibility index (Phi) is 24.2. The number of aliphatic hydroxyl groups is 1. The first kappa shape index (κ1) is 29.4. The number of hydrogen-bond acceptors (Lipinski definition) is 3. The van der Waals surface area contributed by atoms with Gasteiger partial charge in [0, 0.05) is 6.42 Å². The van der Waals surface area contributed by atoms with Crippen LogP contribution in [0.5, 0.6) is 0 Å². The maximum absolute atomic E-state index is 11.8. The van der Waals surface area contributed by atoms with Gasteiger partial charge in [0.1, 0.15) is 0 Å². The van der Waals surface area contributed by atoms with E-state index in [1.165, 1.54) is 89.9 Å². The van der Waals surface area contributed by atoms with Gasteiger partial charge in [0.05, 0.1) is 12.7 Å². The molecule has 3 heteroatoms. The van der Waals surface area contributed by atoms with E-state index in [9.17, 15) is 9.90 Å². The van der Waals surface area contributed by atoms with Crippen LogP contribution in [0.4, 0.5) is 0 Å². The summed E-state index contributed by atoms with van der Waals surface area (Å²) in [4.78, 5) is 11.8. The molecule has 0 aliphatic heterocycles. The Bertz CT molecular complexity index is 343. The molecule has 180 valence electrons. The van der Waals surface area contributed by atoms with Gasteiger partial charge in [-0.3, -0.25) is 4.79 Å². The van der Waals surface area contributed by atoms with Crippen molar-refractivity contribution in [1.82, 2.24) is 0 Å². The number of unbranched alkanes of at least 4 members (excludes halogenated alkanes) is 16. The number of carbonyl (C=O) groups is 1. The Hall–Kier alpha value is -0.570. The number of esters is 1. The summed E-state index contributed by atoms with van der Waals surface area (Å²) in [7, 11) is 0. The summed E-state index contributed by atoms with van der Waals surface area (Å²) in [6.07, 6.45) is 26.0. The fourth-order valence-electron chi connectivity index (χ4n) is 3.98. The lowest BCUT2D eigenvalue weighted by Gasteiger charge is -2.09. The third kappa shape index (κ3) is 23.7. The zero-order valence-electron chi connectivity index (χ0n) is 20.6. The molecule has 0 aromatic heterocycles. The van der Waals surface area contributed by atoms with Crippen LogP contribution in [0.15, 0.2) is 0 Å². The summed E-state index contributed by atoms with van der Waals surface area (Å²) in [6, 6.07) is 0. The molecule has 0 aliphatic rings. The van der Waals surface area contributed by atoms with Crippen molar-refractivity contribution in [3.05, 3.63) is 0 Å². The third-order valence-corrected chi connectivity index (χ3v) is 6.07. The number of carbonyl (C=O) groups excluding carboxylic acids is 1. The maximum atomic E-state index is 11.8. The van der Waals surface area contributed by atoms with Gasteiger partial charge in [0.15, 0.2) is 0 Å². The first-order valence-corrected chi connectivity index (χ1v) is 13.5. The molecule has 0 amide bonds. The fraction of sp³-hybridized carbons (Fsp3) is 0.963. The van der Waals surface area contributed by atoms with Crippen molar-refractivity contribution in [2.45, 2.75) is 161 Å². The SMILES string of the molecule is CCCCCCCCCCCCCCCOC(=O)CCCCCC(O)CCCCC. The molecular weight excluding hydrogens is 372 g/mol. The lowest BCUT2D eigenvalue weighted by Crippen LogP contribution is -2.07. The highest BCUT2D eigenvalue weighted by Crippen LogP contribution is 2.13. The van der Waals surface area contributed by atoms with Crippen molar-refractivity contribution in [3.8, 4) is 0 Å². The van der Waals surface area contributed by atoms with E-state index in [1.807, 2.05) is 0 Å². The minimum absolute atomic E-state index is 0.0440. The molecule has 1 atom stereocenters. The lowest BCUT2D eigenvalue weighted by atomic mass is 10.0. The van der Waals surface area contributed by atoms with Crippen molar-refractivity contribution < 1.29 is 14.6 Å². The smallest absolute Gasteiger partial charge is 0.305 e. The Morgan fingerprint density at radius 2 is 1.00 bits per heavy atom. The van der Waals surface area contributed by atoms with Gasteiger partial charge in [-0.15, -0.1) is 0 Å². The maximum Gasteiger partial charge on any atom is 0.305 e. The molecule has 3 nitrogen and oxygen atoms in total. The minimum Gasteiger partial charge on any atom is -0.466 e. The Morgan fingerprint density at radius 1 is 0.600 bits per heavy atom. The van der Waals surface area contributed by atoms with Crippen molar-refractivity contribution >= 4 is 5.97 Å². The topological polar surface area (TPSA) is 46.5 Å².